The van der Waals surface area contributed by atoms with Crippen LogP contribution in [0, 0.1) is 13.8 Å². The first-order chi connectivity index (χ1) is 12.4. The summed E-state index contributed by atoms with van der Waals surface area (Å²) in [6, 6.07) is 9.37. The van der Waals surface area contributed by atoms with Crippen LogP contribution in [0.3, 0.4) is 0 Å². The van der Waals surface area contributed by atoms with Gasteiger partial charge in [0.15, 0.2) is 0 Å². The number of fused-ring (bicyclic) bond motifs is 2. The van der Waals surface area contributed by atoms with E-state index in [4.69, 9.17) is 17.0 Å². The molecule has 0 radical (unpaired) electrons. The molecule has 0 unspecified atom stereocenters. The van der Waals surface area contributed by atoms with Crippen molar-refractivity contribution in [1.29, 1.82) is 0 Å². The molecule has 0 bridgehead atoms. The summed E-state index contributed by atoms with van der Waals surface area (Å²) in [4.78, 5) is 0. The van der Waals surface area contributed by atoms with E-state index in [2.05, 4.69) is 49.6 Å². The molecule has 26 heavy (non-hydrogen) atoms. The van der Waals surface area contributed by atoms with E-state index in [-0.39, 0.29) is 0 Å². The molecular formula is C22H32Cl2GeZr-2. The van der Waals surface area contributed by atoms with Crippen LogP contribution in [0.25, 0.3) is 0 Å². The third-order valence-corrected chi connectivity index (χ3v) is 39.6. The molecule has 2 aromatic carbocycles. The summed E-state index contributed by atoms with van der Waals surface area (Å²) in [5, 5.41) is 0. The van der Waals surface area contributed by atoms with Crippen LogP contribution in [0.15, 0.2) is 24.3 Å². The minimum absolute atomic E-state index is 0.735. The summed E-state index contributed by atoms with van der Waals surface area (Å²) in [5.41, 5.74) is 9.36. The first-order valence-corrected chi connectivity index (χ1v) is 27.8. The topological polar surface area (TPSA) is 0 Å². The number of hydrogen-bond donors (Lipinski definition) is 0. The molecule has 0 spiro atoms. The first kappa shape index (κ1) is 23.0. The van der Waals surface area contributed by atoms with Gasteiger partial charge in [-0.3, -0.25) is 0 Å². The molecule has 0 atom stereocenters. The van der Waals surface area contributed by atoms with Gasteiger partial charge < -0.3 is 0 Å². The van der Waals surface area contributed by atoms with Crippen molar-refractivity contribution >= 4 is 27.0 Å². The maximum absolute atomic E-state index is 5.65. The van der Waals surface area contributed by atoms with Crippen LogP contribution in [0.1, 0.15) is 59.1 Å². The molecule has 0 nitrogen and oxygen atoms in total. The second-order valence-electron chi connectivity index (χ2n) is 7.84. The molecular weight excluding hydrogens is 499 g/mol. The van der Waals surface area contributed by atoms with Gasteiger partial charge in [0.05, 0.1) is 0 Å². The quantitative estimate of drug-likeness (QED) is 0.247. The predicted octanol–water partition coefficient (Wildman–Crippen LogP) is 7.35. The average molecular weight is 531 g/mol. The Labute approximate surface area is 176 Å². The standard InChI is InChI=1S/2C10H13.C2H6Ge.2ClH.Zr/c2*1-8-6-9-4-2-3-5-10(9)7-8;1-3-2;;;/h2*6-7H,2-5H2,1H3;1-2H3;2*1H;/q2*-1;;;;+2/p-2. The van der Waals surface area contributed by atoms with E-state index in [9.17, 15) is 0 Å². The van der Waals surface area contributed by atoms with Crippen molar-refractivity contribution < 1.29 is 16.2 Å². The Kier molecular flexibility index (Phi) is 10.3. The Hall–Kier alpha value is 0.706. The van der Waals surface area contributed by atoms with E-state index < -0.39 is 26.2 Å². The van der Waals surface area contributed by atoms with E-state index in [0.29, 0.717) is 0 Å². The van der Waals surface area contributed by atoms with Gasteiger partial charge in [-0.2, -0.15) is 45.5 Å². The van der Waals surface area contributed by atoms with Crippen molar-refractivity contribution in [3.8, 4) is 0 Å². The summed E-state index contributed by atoms with van der Waals surface area (Å²) in [6.07, 6.45) is 10.9. The van der Waals surface area contributed by atoms with E-state index in [1.54, 1.807) is 22.3 Å². The molecule has 0 saturated carbocycles. The predicted molar refractivity (Wildman–Crippen MR) is 116 cm³/mol. The molecule has 2 aliphatic rings. The molecule has 4 rings (SSSR count). The Balaban J connectivity index is 0.000000146. The average Bonchev–Trinajstić information content (AvgIpc) is 3.16. The zero-order valence-electron chi connectivity index (χ0n) is 16.7. The second-order valence-corrected chi connectivity index (χ2v) is 45.8. The number of hydrogen-bond acceptors (Lipinski definition) is 0. The summed E-state index contributed by atoms with van der Waals surface area (Å²) >= 11 is -1.59. The van der Waals surface area contributed by atoms with Crippen LogP contribution >= 0.6 is 17.0 Å². The number of rotatable bonds is 0. The zero-order valence-corrected chi connectivity index (χ0v) is 22.8. The SMILES string of the molecule is Cc1cc2c([cH-]1)CCCC2.Cc1cc2c([cH-]1)CCCC2.[CH3][Ge]([CH3])=[Zr]([Cl])[Cl]. The van der Waals surface area contributed by atoms with Crippen molar-refractivity contribution in [3.05, 3.63) is 57.6 Å². The monoisotopic (exact) mass is 530 g/mol. The Bertz CT molecular complexity index is 622. The van der Waals surface area contributed by atoms with Crippen LogP contribution in [-0.4, -0.2) is 9.98 Å². The van der Waals surface area contributed by atoms with Crippen molar-refractivity contribution in [3.63, 3.8) is 0 Å². The van der Waals surface area contributed by atoms with Gasteiger partial charge in [-0.05, 0) is 0 Å². The fourth-order valence-corrected chi connectivity index (χ4v) is 3.75. The fraction of sp³-hybridized carbons (Fsp3) is 0.545. The molecule has 0 aromatic heterocycles. The van der Waals surface area contributed by atoms with Gasteiger partial charge in [-0.25, -0.2) is 12.1 Å². The van der Waals surface area contributed by atoms with Crippen molar-refractivity contribution in [2.45, 2.75) is 76.7 Å². The van der Waals surface area contributed by atoms with Crippen molar-refractivity contribution in [2.75, 3.05) is 0 Å². The van der Waals surface area contributed by atoms with Crippen LogP contribution in [0.4, 0.5) is 0 Å². The zero-order chi connectivity index (χ0) is 19.1. The Morgan fingerprint density at radius 3 is 1.42 bits per heavy atom. The third kappa shape index (κ3) is 7.61. The summed E-state index contributed by atoms with van der Waals surface area (Å²) in [5.74, 6) is 4.46. The summed E-state index contributed by atoms with van der Waals surface area (Å²) < 4.78 is 0. The molecule has 0 aliphatic heterocycles. The molecule has 0 N–H and O–H groups in total. The van der Waals surface area contributed by atoms with Crippen LogP contribution < -0.4 is 0 Å². The van der Waals surface area contributed by atoms with Crippen LogP contribution in [0.5, 0.6) is 0 Å². The Morgan fingerprint density at radius 1 is 0.769 bits per heavy atom. The Morgan fingerprint density at radius 2 is 1.12 bits per heavy atom. The molecule has 0 amide bonds. The van der Waals surface area contributed by atoms with E-state index >= 15 is 0 Å². The molecule has 144 valence electrons. The number of halogens is 2. The van der Waals surface area contributed by atoms with Gasteiger partial charge in [0.25, 0.3) is 0 Å². The van der Waals surface area contributed by atoms with Gasteiger partial charge in [-0.15, -0.1) is 0 Å². The third-order valence-electron chi connectivity index (χ3n) is 5.09. The minimum atomic E-state index is -1.59. The molecule has 0 saturated heterocycles. The van der Waals surface area contributed by atoms with Gasteiger partial charge in [0.2, 0.25) is 0 Å². The van der Waals surface area contributed by atoms with Crippen molar-refractivity contribution in [1.82, 2.24) is 0 Å². The first-order valence-electron chi connectivity index (χ1n) is 9.85. The van der Waals surface area contributed by atoms with E-state index in [0.717, 1.165) is 0 Å². The van der Waals surface area contributed by atoms with Gasteiger partial charge in [0.1, 0.15) is 0 Å². The van der Waals surface area contributed by atoms with Crippen LogP contribution in [-0.2, 0) is 41.9 Å². The summed E-state index contributed by atoms with van der Waals surface area (Å²) in [7, 11) is 10.6. The molecule has 2 aliphatic carbocycles. The second kappa shape index (κ2) is 11.6. The van der Waals surface area contributed by atoms with E-state index in [1.165, 1.54) is 62.5 Å². The molecule has 0 heterocycles. The van der Waals surface area contributed by atoms with Crippen molar-refractivity contribution in [2.24, 2.45) is 0 Å². The molecule has 2 aromatic rings. The van der Waals surface area contributed by atoms with Crippen LogP contribution in [0.2, 0.25) is 11.5 Å². The summed E-state index contributed by atoms with van der Waals surface area (Å²) in [6.45, 7) is 4.39. The number of aryl methyl sites for hydroxylation is 6. The van der Waals surface area contributed by atoms with Gasteiger partial charge >= 0.3 is 54.8 Å². The maximum atomic E-state index is 5.65. The fourth-order valence-electron chi connectivity index (χ4n) is 3.75. The molecule has 4 heteroatoms. The van der Waals surface area contributed by atoms with Gasteiger partial charge in [-0.1, -0.05) is 65.2 Å². The van der Waals surface area contributed by atoms with Gasteiger partial charge in [0, 0.05) is 0 Å². The molecule has 0 fully saturated rings. The normalized spacial score (nSPS) is 14.8. The van der Waals surface area contributed by atoms with E-state index in [1.807, 2.05) is 0 Å².